The van der Waals surface area contributed by atoms with Gasteiger partial charge in [-0.3, -0.25) is 0 Å². The molecular weight excluding hydrogens is 212 g/mol. The topological polar surface area (TPSA) is 55.0 Å². The smallest absolute Gasteiger partial charge is 0.153 e. The van der Waals surface area contributed by atoms with Crippen molar-refractivity contribution in [1.82, 2.24) is 9.97 Å². The van der Waals surface area contributed by atoms with Crippen molar-refractivity contribution >= 4 is 23.2 Å². The summed E-state index contributed by atoms with van der Waals surface area (Å²) in [7, 11) is 0. The minimum Gasteiger partial charge on any atom is -0.382 e. The van der Waals surface area contributed by atoms with Gasteiger partial charge in [-0.2, -0.15) is 0 Å². The number of rotatable bonds is 1. The van der Waals surface area contributed by atoms with E-state index in [-0.39, 0.29) is 0 Å². The highest BCUT2D eigenvalue weighted by Gasteiger charge is 2.28. The predicted octanol–water partition coefficient (Wildman–Crippen LogP) is 1.80. The number of hydrogen-bond donors (Lipinski definition) is 1. The van der Waals surface area contributed by atoms with Gasteiger partial charge in [-0.1, -0.05) is 25.4 Å². The molecule has 2 heterocycles. The second-order valence-corrected chi connectivity index (χ2v) is 4.63. The maximum Gasteiger partial charge on any atom is 0.153 e. The average Bonchev–Trinajstić information content (AvgIpc) is 2.51. The van der Waals surface area contributed by atoms with Crippen LogP contribution in [0.15, 0.2) is 6.33 Å². The lowest BCUT2D eigenvalue weighted by Gasteiger charge is -2.18. The SMILES string of the molecule is CC1CN(c2ncnc(N)c2Cl)CC1C. The van der Waals surface area contributed by atoms with Gasteiger partial charge in [-0.25, -0.2) is 9.97 Å². The fourth-order valence-corrected chi connectivity index (χ4v) is 2.11. The lowest BCUT2D eigenvalue weighted by Crippen LogP contribution is -2.21. The third-order valence-corrected chi connectivity index (χ3v) is 3.45. The van der Waals surface area contributed by atoms with Gasteiger partial charge in [-0.15, -0.1) is 0 Å². The standard InChI is InChI=1S/C10H15ClN4/c1-6-3-15(4-7(6)2)10-8(11)9(12)13-5-14-10/h5-7H,3-4H2,1-2H3,(H2,12,13,14). The number of anilines is 2. The first-order valence-corrected chi connectivity index (χ1v) is 5.48. The molecule has 0 radical (unpaired) electrons. The van der Waals surface area contributed by atoms with Crippen LogP contribution in [-0.2, 0) is 0 Å². The van der Waals surface area contributed by atoms with Gasteiger partial charge in [0.15, 0.2) is 5.82 Å². The van der Waals surface area contributed by atoms with E-state index in [1.165, 1.54) is 6.33 Å². The van der Waals surface area contributed by atoms with Crippen molar-refractivity contribution in [2.75, 3.05) is 23.7 Å². The molecule has 82 valence electrons. The molecule has 2 N–H and O–H groups in total. The van der Waals surface area contributed by atoms with E-state index in [0.717, 1.165) is 18.9 Å². The Bertz CT molecular complexity index is 358. The molecule has 1 aliphatic rings. The molecule has 15 heavy (non-hydrogen) atoms. The van der Waals surface area contributed by atoms with Crippen LogP contribution in [0.2, 0.25) is 5.02 Å². The molecule has 2 rings (SSSR count). The van der Waals surface area contributed by atoms with E-state index in [9.17, 15) is 0 Å². The molecule has 5 heteroatoms. The van der Waals surface area contributed by atoms with Gasteiger partial charge in [0.2, 0.25) is 0 Å². The van der Waals surface area contributed by atoms with Crippen LogP contribution in [0.3, 0.4) is 0 Å². The predicted molar refractivity (Wildman–Crippen MR) is 62.0 cm³/mol. The Morgan fingerprint density at radius 2 is 1.93 bits per heavy atom. The summed E-state index contributed by atoms with van der Waals surface area (Å²) in [6.07, 6.45) is 1.46. The molecular formula is C10H15ClN4. The molecule has 2 unspecified atom stereocenters. The molecule has 1 aromatic rings. The highest BCUT2D eigenvalue weighted by atomic mass is 35.5. The summed E-state index contributed by atoms with van der Waals surface area (Å²) in [6, 6.07) is 0. The quantitative estimate of drug-likeness (QED) is 0.794. The van der Waals surface area contributed by atoms with E-state index in [0.29, 0.717) is 22.7 Å². The molecule has 1 saturated heterocycles. The molecule has 0 aliphatic carbocycles. The maximum atomic E-state index is 6.08. The Balaban J connectivity index is 2.27. The van der Waals surface area contributed by atoms with E-state index < -0.39 is 0 Å². The number of nitrogens with zero attached hydrogens (tertiary/aromatic N) is 3. The largest absolute Gasteiger partial charge is 0.382 e. The highest BCUT2D eigenvalue weighted by molar-refractivity contribution is 6.35. The van der Waals surface area contributed by atoms with Gasteiger partial charge in [0, 0.05) is 13.1 Å². The molecule has 0 spiro atoms. The monoisotopic (exact) mass is 226 g/mol. The number of nitrogens with two attached hydrogens (primary N) is 1. The fraction of sp³-hybridized carbons (Fsp3) is 0.600. The average molecular weight is 227 g/mol. The Morgan fingerprint density at radius 3 is 2.53 bits per heavy atom. The van der Waals surface area contributed by atoms with Crippen LogP contribution in [0.5, 0.6) is 0 Å². The van der Waals surface area contributed by atoms with E-state index in [2.05, 4.69) is 28.7 Å². The Kier molecular flexibility index (Phi) is 2.69. The second-order valence-electron chi connectivity index (χ2n) is 4.26. The lowest BCUT2D eigenvalue weighted by atomic mass is 10.0. The summed E-state index contributed by atoms with van der Waals surface area (Å²) in [5.41, 5.74) is 5.65. The van der Waals surface area contributed by atoms with Crippen LogP contribution in [0, 0.1) is 11.8 Å². The van der Waals surface area contributed by atoms with Crippen LogP contribution in [-0.4, -0.2) is 23.1 Å². The van der Waals surface area contributed by atoms with Gasteiger partial charge in [0.05, 0.1) is 0 Å². The zero-order valence-electron chi connectivity index (χ0n) is 8.94. The molecule has 1 aromatic heterocycles. The molecule has 1 aliphatic heterocycles. The van der Waals surface area contributed by atoms with Gasteiger partial charge < -0.3 is 10.6 Å². The van der Waals surface area contributed by atoms with Crippen LogP contribution in [0.1, 0.15) is 13.8 Å². The molecule has 0 bridgehead atoms. The van der Waals surface area contributed by atoms with Crippen LogP contribution < -0.4 is 10.6 Å². The molecule has 0 saturated carbocycles. The molecule has 4 nitrogen and oxygen atoms in total. The number of hydrogen-bond acceptors (Lipinski definition) is 4. The summed E-state index contributed by atoms with van der Waals surface area (Å²) < 4.78 is 0. The minimum absolute atomic E-state index is 0.355. The van der Waals surface area contributed by atoms with Crippen LogP contribution in [0.4, 0.5) is 11.6 Å². The van der Waals surface area contributed by atoms with Crippen LogP contribution >= 0.6 is 11.6 Å². The fourth-order valence-electron chi connectivity index (χ4n) is 1.90. The molecule has 1 fully saturated rings. The molecule has 0 aromatic carbocycles. The van der Waals surface area contributed by atoms with Crippen molar-refractivity contribution < 1.29 is 0 Å². The Morgan fingerprint density at radius 1 is 1.33 bits per heavy atom. The maximum absolute atomic E-state index is 6.08. The summed E-state index contributed by atoms with van der Waals surface area (Å²) in [4.78, 5) is 10.2. The van der Waals surface area contributed by atoms with E-state index in [4.69, 9.17) is 17.3 Å². The summed E-state index contributed by atoms with van der Waals surface area (Å²) in [5, 5.41) is 0.471. The highest BCUT2D eigenvalue weighted by Crippen LogP contribution is 2.32. The third kappa shape index (κ3) is 1.86. The molecule has 2 atom stereocenters. The van der Waals surface area contributed by atoms with Gasteiger partial charge in [0.25, 0.3) is 0 Å². The number of halogens is 1. The minimum atomic E-state index is 0.355. The third-order valence-electron chi connectivity index (χ3n) is 3.09. The van der Waals surface area contributed by atoms with Gasteiger partial charge in [0.1, 0.15) is 17.2 Å². The zero-order chi connectivity index (χ0) is 11.0. The first-order chi connectivity index (χ1) is 7.09. The Hall–Kier alpha value is -1.03. The first kappa shape index (κ1) is 10.5. The number of aromatic nitrogens is 2. The normalized spacial score (nSPS) is 25.9. The van der Waals surface area contributed by atoms with Crippen molar-refractivity contribution in [3.8, 4) is 0 Å². The van der Waals surface area contributed by atoms with Crippen molar-refractivity contribution in [3.63, 3.8) is 0 Å². The van der Waals surface area contributed by atoms with Gasteiger partial charge in [-0.05, 0) is 11.8 Å². The van der Waals surface area contributed by atoms with Crippen molar-refractivity contribution in [3.05, 3.63) is 11.3 Å². The first-order valence-electron chi connectivity index (χ1n) is 5.10. The van der Waals surface area contributed by atoms with E-state index >= 15 is 0 Å². The molecule has 0 amide bonds. The van der Waals surface area contributed by atoms with E-state index in [1.807, 2.05) is 0 Å². The lowest BCUT2D eigenvalue weighted by molar-refractivity contribution is 0.494. The van der Waals surface area contributed by atoms with Gasteiger partial charge >= 0.3 is 0 Å². The van der Waals surface area contributed by atoms with Crippen molar-refractivity contribution in [2.45, 2.75) is 13.8 Å². The summed E-state index contributed by atoms with van der Waals surface area (Å²) >= 11 is 6.08. The zero-order valence-corrected chi connectivity index (χ0v) is 9.70. The van der Waals surface area contributed by atoms with Crippen LogP contribution in [0.25, 0.3) is 0 Å². The van der Waals surface area contributed by atoms with E-state index in [1.54, 1.807) is 0 Å². The van der Waals surface area contributed by atoms with Crippen molar-refractivity contribution in [1.29, 1.82) is 0 Å². The summed E-state index contributed by atoms with van der Waals surface area (Å²) in [5.74, 6) is 2.45. The Labute approximate surface area is 94.5 Å². The summed E-state index contributed by atoms with van der Waals surface area (Å²) in [6.45, 7) is 6.45. The number of nitrogen functional groups attached to an aromatic ring is 1. The van der Waals surface area contributed by atoms with Crippen molar-refractivity contribution in [2.24, 2.45) is 11.8 Å². The second kappa shape index (κ2) is 3.85.